The number of benzene rings is 1. The first-order valence-electron chi connectivity index (χ1n) is 6.86. The number of fused-ring (bicyclic) bond motifs is 1. The van der Waals surface area contributed by atoms with Gasteiger partial charge in [-0.05, 0) is 12.1 Å². The molecule has 22 heavy (non-hydrogen) atoms. The van der Waals surface area contributed by atoms with Crippen LogP contribution in [0.4, 0.5) is 8.78 Å². The molecule has 1 saturated carbocycles. The van der Waals surface area contributed by atoms with Crippen LogP contribution >= 0.6 is 0 Å². The molecule has 0 saturated heterocycles. The fourth-order valence-electron chi connectivity index (χ4n) is 2.90. The number of sulfone groups is 1. The van der Waals surface area contributed by atoms with Crippen LogP contribution in [0.3, 0.4) is 0 Å². The van der Waals surface area contributed by atoms with Crippen LogP contribution in [0.25, 0.3) is 0 Å². The molecule has 0 unspecified atom stereocenters. The van der Waals surface area contributed by atoms with Crippen molar-refractivity contribution < 1.29 is 32.1 Å². The third-order valence-electron chi connectivity index (χ3n) is 4.12. The van der Waals surface area contributed by atoms with E-state index in [0.717, 1.165) is 6.26 Å². The zero-order valence-electron chi connectivity index (χ0n) is 11.8. The first-order valence-corrected chi connectivity index (χ1v) is 8.75. The van der Waals surface area contributed by atoms with Gasteiger partial charge < -0.3 is 14.9 Å². The largest absolute Gasteiger partial charge is 0.490 e. The molecule has 0 spiro atoms. The smallest absolute Gasteiger partial charge is 0.281 e. The Hall–Kier alpha value is -1.25. The predicted octanol–water partition coefficient (Wildman–Crippen LogP) is 1.22. The van der Waals surface area contributed by atoms with E-state index in [1.165, 1.54) is 12.1 Å². The van der Waals surface area contributed by atoms with E-state index in [0.29, 0.717) is 12.8 Å². The average molecular weight is 334 g/mol. The Morgan fingerprint density at radius 3 is 2.45 bits per heavy atom. The number of hydrogen-bond donors (Lipinski definition) is 2. The number of aliphatic hydroxyl groups is 2. The SMILES string of the molecule is CS(=O)(=O)c1ccc(O[C@H]2C[C@@H](O)C2)c2c1[C@H](O)C(F)(F)C2. The second kappa shape index (κ2) is 4.87. The lowest BCUT2D eigenvalue weighted by Gasteiger charge is -2.32. The van der Waals surface area contributed by atoms with Crippen LogP contribution in [0.5, 0.6) is 5.75 Å². The summed E-state index contributed by atoms with van der Waals surface area (Å²) in [6.07, 6.45) is -1.95. The van der Waals surface area contributed by atoms with Crippen LogP contribution in [0.15, 0.2) is 17.0 Å². The van der Waals surface area contributed by atoms with Crippen molar-refractivity contribution in [3.8, 4) is 5.75 Å². The molecule has 2 aliphatic carbocycles. The molecular formula is C14H16F2O5S. The highest BCUT2D eigenvalue weighted by molar-refractivity contribution is 7.90. The van der Waals surface area contributed by atoms with E-state index in [9.17, 15) is 27.4 Å². The Labute approximate surface area is 126 Å². The molecule has 1 atom stereocenters. The van der Waals surface area contributed by atoms with Gasteiger partial charge in [0, 0.05) is 36.6 Å². The molecule has 1 fully saturated rings. The highest BCUT2D eigenvalue weighted by atomic mass is 32.2. The summed E-state index contributed by atoms with van der Waals surface area (Å²) in [4.78, 5) is -0.298. The minimum absolute atomic E-state index is 0.0295. The average Bonchev–Trinajstić information content (AvgIpc) is 2.58. The van der Waals surface area contributed by atoms with Crippen molar-refractivity contribution in [3.63, 3.8) is 0 Å². The molecule has 2 N–H and O–H groups in total. The number of rotatable bonds is 3. The molecule has 2 aliphatic rings. The molecule has 0 amide bonds. The van der Waals surface area contributed by atoms with Gasteiger partial charge >= 0.3 is 0 Å². The van der Waals surface area contributed by atoms with Gasteiger partial charge in [-0.3, -0.25) is 0 Å². The van der Waals surface area contributed by atoms with Gasteiger partial charge in [0.1, 0.15) is 18.0 Å². The van der Waals surface area contributed by atoms with Crippen LogP contribution in [0.2, 0.25) is 0 Å². The molecule has 0 heterocycles. The molecule has 8 heteroatoms. The third kappa shape index (κ3) is 2.49. The lowest BCUT2D eigenvalue weighted by Crippen LogP contribution is -2.37. The van der Waals surface area contributed by atoms with E-state index >= 15 is 0 Å². The summed E-state index contributed by atoms with van der Waals surface area (Å²) in [6, 6.07) is 2.53. The van der Waals surface area contributed by atoms with Crippen molar-refractivity contribution in [2.45, 2.75) is 48.4 Å². The predicted molar refractivity (Wildman–Crippen MR) is 72.8 cm³/mol. The zero-order chi connectivity index (χ0) is 16.3. The molecule has 0 aromatic heterocycles. The van der Waals surface area contributed by atoms with E-state index in [1.807, 2.05) is 0 Å². The molecule has 0 bridgehead atoms. The van der Waals surface area contributed by atoms with E-state index in [1.54, 1.807) is 0 Å². The summed E-state index contributed by atoms with van der Waals surface area (Å²) in [6.45, 7) is 0. The van der Waals surface area contributed by atoms with Crippen LogP contribution in [0, 0.1) is 0 Å². The lowest BCUT2D eigenvalue weighted by molar-refractivity contribution is -0.0977. The Morgan fingerprint density at radius 1 is 1.27 bits per heavy atom. The van der Waals surface area contributed by atoms with Gasteiger partial charge in [0.05, 0.1) is 11.0 Å². The molecule has 0 radical (unpaired) electrons. The van der Waals surface area contributed by atoms with E-state index in [2.05, 4.69) is 0 Å². The van der Waals surface area contributed by atoms with Crippen LogP contribution in [-0.4, -0.2) is 43.0 Å². The minimum atomic E-state index is -3.75. The molecule has 0 aliphatic heterocycles. The van der Waals surface area contributed by atoms with Crippen molar-refractivity contribution >= 4 is 9.84 Å². The molecule has 1 aromatic carbocycles. The van der Waals surface area contributed by atoms with Gasteiger partial charge in [-0.1, -0.05) is 0 Å². The van der Waals surface area contributed by atoms with Crippen molar-refractivity contribution in [2.75, 3.05) is 6.26 Å². The van der Waals surface area contributed by atoms with Crippen LogP contribution in [0.1, 0.15) is 30.1 Å². The number of halogens is 2. The Morgan fingerprint density at radius 2 is 1.91 bits per heavy atom. The first-order chi connectivity index (χ1) is 10.1. The van der Waals surface area contributed by atoms with Crippen molar-refractivity contribution in [1.82, 2.24) is 0 Å². The molecule has 122 valence electrons. The van der Waals surface area contributed by atoms with Gasteiger partial charge in [-0.15, -0.1) is 0 Å². The summed E-state index contributed by atoms with van der Waals surface area (Å²) >= 11 is 0. The minimum Gasteiger partial charge on any atom is -0.490 e. The fraction of sp³-hybridized carbons (Fsp3) is 0.571. The normalized spacial score (nSPS) is 29.8. The van der Waals surface area contributed by atoms with Crippen molar-refractivity contribution in [2.24, 2.45) is 0 Å². The van der Waals surface area contributed by atoms with Gasteiger partial charge in [0.2, 0.25) is 0 Å². The Balaban J connectivity index is 2.05. The summed E-state index contributed by atoms with van der Waals surface area (Å²) in [5, 5.41) is 19.1. The van der Waals surface area contributed by atoms with E-state index in [-0.39, 0.29) is 27.9 Å². The quantitative estimate of drug-likeness (QED) is 0.868. The monoisotopic (exact) mass is 334 g/mol. The second-order valence-corrected chi connectivity index (χ2v) is 7.92. The molecular weight excluding hydrogens is 318 g/mol. The van der Waals surface area contributed by atoms with Gasteiger partial charge in [-0.2, -0.15) is 0 Å². The molecule has 5 nitrogen and oxygen atoms in total. The van der Waals surface area contributed by atoms with Gasteiger partial charge in [-0.25, -0.2) is 17.2 Å². The topological polar surface area (TPSA) is 83.8 Å². The Bertz CT molecular complexity index is 710. The molecule has 3 rings (SSSR count). The number of ether oxygens (including phenoxy) is 1. The lowest BCUT2D eigenvalue weighted by atomic mass is 9.92. The summed E-state index contributed by atoms with van der Waals surface area (Å²) in [5.74, 6) is -3.28. The van der Waals surface area contributed by atoms with Gasteiger partial charge in [0.25, 0.3) is 5.92 Å². The van der Waals surface area contributed by atoms with Gasteiger partial charge in [0.15, 0.2) is 9.84 Å². The highest BCUT2D eigenvalue weighted by Gasteiger charge is 2.50. The zero-order valence-corrected chi connectivity index (χ0v) is 12.6. The summed E-state index contributed by atoms with van der Waals surface area (Å²) in [7, 11) is -3.75. The van der Waals surface area contributed by atoms with Crippen LogP contribution in [-0.2, 0) is 16.3 Å². The number of hydrogen-bond acceptors (Lipinski definition) is 5. The fourth-order valence-corrected chi connectivity index (χ4v) is 3.85. The Kier molecular flexibility index (Phi) is 3.46. The maximum Gasteiger partial charge on any atom is 0.281 e. The highest BCUT2D eigenvalue weighted by Crippen LogP contribution is 2.49. The third-order valence-corrected chi connectivity index (χ3v) is 5.28. The van der Waals surface area contributed by atoms with Crippen molar-refractivity contribution in [3.05, 3.63) is 23.3 Å². The van der Waals surface area contributed by atoms with E-state index < -0.39 is 34.4 Å². The maximum absolute atomic E-state index is 13.8. The molecule has 1 aromatic rings. The number of aliphatic hydroxyl groups excluding tert-OH is 2. The van der Waals surface area contributed by atoms with E-state index in [4.69, 9.17) is 4.74 Å². The maximum atomic E-state index is 13.8. The number of alkyl halides is 2. The summed E-state index contributed by atoms with van der Waals surface area (Å²) in [5.41, 5.74) is -0.244. The summed E-state index contributed by atoms with van der Waals surface area (Å²) < 4.78 is 56.8. The van der Waals surface area contributed by atoms with Crippen LogP contribution < -0.4 is 4.74 Å². The first kappa shape index (κ1) is 15.6. The second-order valence-electron chi connectivity index (χ2n) is 5.93. The van der Waals surface area contributed by atoms with Crippen molar-refractivity contribution in [1.29, 1.82) is 0 Å². The standard InChI is InChI=1S/C14H16F2O5S/c1-22(19,20)11-3-2-10(21-8-4-7(17)5-8)9-6-14(15,16)13(18)12(9)11/h2-3,7-8,13,17-18H,4-6H2,1H3/t7-,8+,13-/m0/s1.